The summed E-state index contributed by atoms with van der Waals surface area (Å²) in [5, 5.41) is 7.55. The van der Waals surface area contributed by atoms with Crippen LogP contribution in [0.3, 0.4) is 0 Å². The van der Waals surface area contributed by atoms with Crippen molar-refractivity contribution >= 4 is 11.8 Å². The number of piperidine rings is 1. The fraction of sp³-hybridized carbons (Fsp3) is 0.292. The zero-order valence-corrected chi connectivity index (χ0v) is 17.3. The van der Waals surface area contributed by atoms with E-state index in [9.17, 15) is 9.59 Å². The van der Waals surface area contributed by atoms with Crippen LogP contribution in [0, 0.1) is 13.8 Å². The van der Waals surface area contributed by atoms with Gasteiger partial charge in [-0.1, -0.05) is 36.4 Å². The van der Waals surface area contributed by atoms with Gasteiger partial charge < -0.3 is 10.2 Å². The largest absolute Gasteiger partial charge is 0.349 e. The Morgan fingerprint density at radius 2 is 1.63 bits per heavy atom. The number of aromatic nitrogens is 2. The Bertz CT molecular complexity index is 1050. The molecule has 2 aromatic carbocycles. The Morgan fingerprint density at radius 1 is 0.967 bits per heavy atom. The lowest BCUT2D eigenvalue weighted by Gasteiger charge is -2.32. The van der Waals surface area contributed by atoms with Gasteiger partial charge in [0, 0.05) is 24.7 Å². The van der Waals surface area contributed by atoms with Crippen molar-refractivity contribution in [2.24, 2.45) is 0 Å². The van der Waals surface area contributed by atoms with Crippen molar-refractivity contribution in [2.45, 2.75) is 32.7 Å². The molecule has 0 spiro atoms. The number of amides is 2. The zero-order chi connectivity index (χ0) is 21.1. The van der Waals surface area contributed by atoms with Crippen molar-refractivity contribution in [2.75, 3.05) is 13.1 Å². The van der Waals surface area contributed by atoms with Crippen LogP contribution >= 0.6 is 0 Å². The molecule has 0 saturated carbocycles. The Morgan fingerprint density at radius 3 is 2.33 bits per heavy atom. The third kappa shape index (κ3) is 3.99. The Hall–Kier alpha value is -3.41. The van der Waals surface area contributed by atoms with E-state index in [1.807, 2.05) is 78.0 Å². The maximum Gasteiger partial charge on any atom is 0.257 e. The van der Waals surface area contributed by atoms with Gasteiger partial charge in [-0.3, -0.25) is 9.59 Å². The molecule has 0 atom stereocenters. The number of nitrogens with zero attached hydrogens (tertiary/aromatic N) is 3. The molecule has 2 heterocycles. The monoisotopic (exact) mass is 402 g/mol. The predicted octanol–water partition coefficient (Wildman–Crippen LogP) is 3.52. The number of hydrogen-bond acceptors (Lipinski definition) is 3. The average Bonchev–Trinajstić information content (AvgIpc) is 3.16. The maximum absolute atomic E-state index is 13.1. The van der Waals surface area contributed by atoms with Gasteiger partial charge in [0.25, 0.3) is 11.8 Å². The minimum atomic E-state index is -0.0595. The van der Waals surface area contributed by atoms with Crippen molar-refractivity contribution < 1.29 is 9.59 Å². The number of rotatable bonds is 4. The standard InChI is InChI=1S/C24H26N4O2/c1-17-8-6-7-11-22(17)28-18(2)21(16-25-28)24(30)27-14-12-20(13-15-27)26-23(29)19-9-4-3-5-10-19/h3-11,16,20H,12-15H2,1-2H3,(H,26,29). The molecular weight excluding hydrogens is 376 g/mol. The number of aryl methyl sites for hydroxylation is 1. The molecule has 0 unspecified atom stereocenters. The molecule has 1 aromatic heterocycles. The van der Waals surface area contributed by atoms with E-state index in [0.717, 1.165) is 29.8 Å². The van der Waals surface area contributed by atoms with E-state index in [1.54, 1.807) is 6.20 Å². The summed E-state index contributed by atoms with van der Waals surface area (Å²) in [5.74, 6) is -0.0594. The van der Waals surface area contributed by atoms with Gasteiger partial charge in [-0.2, -0.15) is 5.10 Å². The fourth-order valence-corrected chi connectivity index (χ4v) is 3.92. The molecule has 6 nitrogen and oxygen atoms in total. The third-order valence-corrected chi connectivity index (χ3v) is 5.74. The van der Waals surface area contributed by atoms with Crippen molar-refractivity contribution in [3.63, 3.8) is 0 Å². The summed E-state index contributed by atoms with van der Waals surface area (Å²) in [6.45, 7) is 5.20. The highest BCUT2D eigenvalue weighted by atomic mass is 16.2. The van der Waals surface area contributed by atoms with Gasteiger partial charge in [0.05, 0.1) is 23.1 Å². The number of para-hydroxylation sites is 1. The van der Waals surface area contributed by atoms with Crippen LogP contribution in [0.4, 0.5) is 0 Å². The molecule has 1 aliphatic rings. The Balaban J connectivity index is 1.39. The van der Waals surface area contributed by atoms with Crippen LogP contribution < -0.4 is 5.32 Å². The van der Waals surface area contributed by atoms with Crippen LogP contribution in [-0.4, -0.2) is 45.6 Å². The van der Waals surface area contributed by atoms with Crippen LogP contribution in [0.2, 0.25) is 0 Å². The first-order valence-electron chi connectivity index (χ1n) is 10.3. The minimum absolute atomic E-state index is 0.000157. The first-order chi connectivity index (χ1) is 14.5. The second-order valence-corrected chi connectivity index (χ2v) is 7.75. The average molecular weight is 402 g/mol. The third-order valence-electron chi connectivity index (χ3n) is 5.74. The van der Waals surface area contributed by atoms with E-state index in [4.69, 9.17) is 0 Å². The fourth-order valence-electron chi connectivity index (χ4n) is 3.92. The normalized spacial score (nSPS) is 14.5. The summed E-state index contributed by atoms with van der Waals surface area (Å²) in [4.78, 5) is 27.3. The van der Waals surface area contributed by atoms with Crippen molar-refractivity contribution in [3.8, 4) is 5.69 Å². The number of hydrogen-bond donors (Lipinski definition) is 1. The second kappa shape index (κ2) is 8.53. The molecule has 2 amide bonds. The number of likely N-dealkylation sites (tertiary alicyclic amines) is 1. The number of benzene rings is 2. The summed E-state index contributed by atoms with van der Waals surface area (Å²) in [7, 11) is 0. The molecule has 1 fully saturated rings. The SMILES string of the molecule is Cc1ccccc1-n1ncc(C(=O)N2CCC(NC(=O)c3ccccc3)CC2)c1C. The molecular formula is C24H26N4O2. The summed E-state index contributed by atoms with van der Waals surface area (Å²) in [6.07, 6.45) is 3.15. The van der Waals surface area contributed by atoms with E-state index in [2.05, 4.69) is 10.4 Å². The highest BCUT2D eigenvalue weighted by Crippen LogP contribution is 2.20. The van der Waals surface area contributed by atoms with E-state index >= 15 is 0 Å². The molecule has 6 heteroatoms. The highest BCUT2D eigenvalue weighted by molar-refractivity contribution is 5.95. The molecule has 0 radical (unpaired) electrons. The molecule has 4 rings (SSSR count). The first kappa shape index (κ1) is 19.9. The van der Waals surface area contributed by atoms with Crippen LogP contribution in [-0.2, 0) is 0 Å². The van der Waals surface area contributed by atoms with Crippen molar-refractivity contribution in [3.05, 3.63) is 83.2 Å². The number of nitrogens with one attached hydrogen (secondary N) is 1. The Labute approximate surface area is 176 Å². The van der Waals surface area contributed by atoms with Gasteiger partial charge in [0.1, 0.15) is 0 Å². The smallest absolute Gasteiger partial charge is 0.257 e. The van der Waals surface area contributed by atoms with Gasteiger partial charge >= 0.3 is 0 Å². The summed E-state index contributed by atoms with van der Waals surface area (Å²) in [6, 6.07) is 17.3. The topological polar surface area (TPSA) is 67.2 Å². The van der Waals surface area contributed by atoms with Crippen molar-refractivity contribution in [1.82, 2.24) is 20.0 Å². The van der Waals surface area contributed by atoms with Gasteiger partial charge in [-0.25, -0.2) is 4.68 Å². The number of carbonyl (C=O) groups is 2. The molecule has 30 heavy (non-hydrogen) atoms. The van der Waals surface area contributed by atoms with Gasteiger partial charge in [-0.15, -0.1) is 0 Å². The van der Waals surface area contributed by atoms with Gasteiger partial charge in [0.2, 0.25) is 0 Å². The molecule has 1 aliphatic heterocycles. The lowest BCUT2D eigenvalue weighted by molar-refractivity contribution is 0.0697. The lowest BCUT2D eigenvalue weighted by atomic mass is 10.0. The molecule has 0 bridgehead atoms. The molecule has 3 aromatic rings. The van der Waals surface area contributed by atoms with E-state index in [0.29, 0.717) is 24.2 Å². The van der Waals surface area contributed by atoms with E-state index in [1.165, 1.54) is 0 Å². The van der Waals surface area contributed by atoms with Crippen LogP contribution in [0.5, 0.6) is 0 Å². The maximum atomic E-state index is 13.1. The van der Waals surface area contributed by atoms with E-state index in [-0.39, 0.29) is 17.9 Å². The Kier molecular flexibility index (Phi) is 5.65. The van der Waals surface area contributed by atoms with Gasteiger partial charge in [0.15, 0.2) is 0 Å². The predicted molar refractivity (Wildman–Crippen MR) is 116 cm³/mol. The van der Waals surface area contributed by atoms with Crippen molar-refractivity contribution in [1.29, 1.82) is 0 Å². The summed E-state index contributed by atoms with van der Waals surface area (Å²) >= 11 is 0. The molecule has 1 N–H and O–H groups in total. The van der Waals surface area contributed by atoms with Crippen LogP contribution in [0.1, 0.15) is 44.8 Å². The summed E-state index contributed by atoms with van der Waals surface area (Å²) in [5.41, 5.74) is 4.23. The van der Waals surface area contributed by atoms with Gasteiger partial charge in [-0.05, 0) is 50.5 Å². The second-order valence-electron chi connectivity index (χ2n) is 7.75. The lowest BCUT2D eigenvalue weighted by Crippen LogP contribution is -2.46. The van der Waals surface area contributed by atoms with Crippen LogP contribution in [0.25, 0.3) is 5.69 Å². The quantitative estimate of drug-likeness (QED) is 0.726. The number of carbonyl (C=O) groups excluding carboxylic acids is 2. The highest BCUT2D eigenvalue weighted by Gasteiger charge is 2.27. The molecule has 1 saturated heterocycles. The molecule has 154 valence electrons. The molecule has 0 aliphatic carbocycles. The van der Waals surface area contributed by atoms with E-state index < -0.39 is 0 Å². The van der Waals surface area contributed by atoms with Crippen LogP contribution in [0.15, 0.2) is 60.8 Å². The minimum Gasteiger partial charge on any atom is -0.349 e. The zero-order valence-electron chi connectivity index (χ0n) is 17.3. The first-order valence-corrected chi connectivity index (χ1v) is 10.3. The summed E-state index contributed by atoms with van der Waals surface area (Å²) < 4.78 is 1.83.